The van der Waals surface area contributed by atoms with Crippen molar-refractivity contribution < 1.29 is 9.53 Å². The molecule has 4 nitrogen and oxygen atoms in total. The summed E-state index contributed by atoms with van der Waals surface area (Å²) in [7, 11) is 0. The molecular weight excluding hydrogens is 288 g/mol. The molecule has 0 aliphatic carbocycles. The van der Waals surface area contributed by atoms with Gasteiger partial charge in [-0.15, -0.1) is 0 Å². The summed E-state index contributed by atoms with van der Waals surface area (Å²) >= 11 is 0. The zero-order valence-electron chi connectivity index (χ0n) is 15.1. The van der Waals surface area contributed by atoms with Gasteiger partial charge in [-0.3, -0.25) is 4.90 Å². The van der Waals surface area contributed by atoms with Crippen LogP contribution in [0.1, 0.15) is 46.6 Å². The molecule has 1 aliphatic rings. The standard InChI is InChI=1S/C19H30N2O2/c1-6-17-14-21(18(22)23-19(3,4)5)15(2)12-20(17)13-16-10-8-7-9-11-16/h7-11,15,17H,6,12-14H2,1-5H3. The molecule has 1 aromatic rings. The Bertz CT molecular complexity index is 510. The number of rotatable bonds is 3. The van der Waals surface area contributed by atoms with Crippen molar-refractivity contribution in [1.82, 2.24) is 9.80 Å². The van der Waals surface area contributed by atoms with Crippen molar-refractivity contribution in [2.75, 3.05) is 13.1 Å². The summed E-state index contributed by atoms with van der Waals surface area (Å²) in [5, 5.41) is 0. The van der Waals surface area contributed by atoms with E-state index in [1.54, 1.807) is 0 Å². The van der Waals surface area contributed by atoms with E-state index in [-0.39, 0.29) is 12.1 Å². The average molecular weight is 318 g/mol. The smallest absolute Gasteiger partial charge is 0.410 e. The minimum Gasteiger partial charge on any atom is -0.444 e. The molecule has 4 heteroatoms. The molecule has 0 bridgehead atoms. The number of hydrogen-bond acceptors (Lipinski definition) is 3. The first-order valence-electron chi connectivity index (χ1n) is 8.57. The summed E-state index contributed by atoms with van der Waals surface area (Å²) in [5.41, 5.74) is 0.878. The SMILES string of the molecule is CCC1CN(C(=O)OC(C)(C)C)C(C)CN1Cc1ccccc1. The zero-order chi connectivity index (χ0) is 17.0. The Balaban J connectivity index is 2.04. The second kappa shape index (κ2) is 7.35. The zero-order valence-corrected chi connectivity index (χ0v) is 15.1. The highest BCUT2D eigenvalue weighted by Gasteiger charge is 2.35. The first-order valence-corrected chi connectivity index (χ1v) is 8.57. The fourth-order valence-corrected chi connectivity index (χ4v) is 3.08. The lowest BCUT2D eigenvalue weighted by molar-refractivity contribution is -0.0150. The molecule has 0 radical (unpaired) electrons. The van der Waals surface area contributed by atoms with Gasteiger partial charge in [0, 0.05) is 31.7 Å². The van der Waals surface area contributed by atoms with Gasteiger partial charge in [0.05, 0.1) is 0 Å². The average Bonchev–Trinajstić information content (AvgIpc) is 2.46. The van der Waals surface area contributed by atoms with Crippen molar-refractivity contribution >= 4 is 6.09 Å². The molecule has 1 heterocycles. The number of benzene rings is 1. The number of carbonyl (C=O) groups is 1. The molecular formula is C19H30N2O2. The normalized spacial score (nSPS) is 22.9. The molecule has 0 N–H and O–H groups in total. The van der Waals surface area contributed by atoms with Crippen molar-refractivity contribution in [2.24, 2.45) is 0 Å². The van der Waals surface area contributed by atoms with E-state index in [1.807, 2.05) is 31.7 Å². The molecule has 1 amide bonds. The summed E-state index contributed by atoms with van der Waals surface area (Å²) in [6.07, 6.45) is 0.835. The van der Waals surface area contributed by atoms with Gasteiger partial charge < -0.3 is 9.64 Å². The largest absolute Gasteiger partial charge is 0.444 e. The van der Waals surface area contributed by atoms with E-state index in [2.05, 4.69) is 43.0 Å². The van der Waals surface area contributed by atoms with Crippen LogP contribution in [0.4, 0.5) is 4.79 Å². The van der Waals surface area contributed by atoms with Crippen LogP contribution in [0.5, 0.6) is 0 Å². The lowest BCUT2D eigenvalue weighted by Crippen LogP contribution is -2.59. The van der Waals surface area contributed by atoms with Crippen molar-refractivity contribution in [3.63, 3.8) is 0 Å². The maximum atomic E-state index is 12.4. The van der Waals surface area contributed by atoms with Gasteiger partial charge in [-0.2, -0.15) is 0 Å². The summed E-state index contributed by atoms with van der Waals surface area (Å²) < 4.78 is 5.56. The molecule has 23 heavy (non-hydrogen) atoms. The summed E-state index contributed by atoms with van der Waals surface area (Å²) in [4.78, 5) is 16.8. The first-order chi connectivity index (χ1) is 10.8. The van der Waals surface area contributed by atoms with Gasteiger partial charge in [-0.05, 0) is 39.7 Å². The quantitative estimate of drug-likeness (QED) is 0.847. The summed E-state index contributed by atoms with van der Waals surface area (Å²) in [6, 6.07) is 11.1. The van der Waals surface area contributed by atoms with E-state index in [0.29, 0.717) is 6.04 Å². The fourth-order valence-electron chi connectivity index (χ4n) is 3.08. The van der Waals surface area contributed by atoms with Crippen LogP contribution >= 0.6 is 0 Å². The predicted molar refractivity (Wildman–Crippen MR) is 93.3 cm³/mol. The lowest BCUT2D eigenvalue weighted by atomic mass is 10.0. The van der Waals surface area contributed by atoms with Gasteiger partial charge in [0.15, 0.2) is 0 Å². The van der Waals surface area contributed by atoms with Crippen LogP contribution < -0.4 is 0 Å². The van der Waals surface area contributed by atoms with Crippen molar-refractivity contribution in [2.45, 2.75) is 65.3 Å². The number of ether oxygens (including phenoxy) is 1. The Morgan fingerprint density at radius 1 is 1.22 bits per heavy atom. The van der Waals surface area contributed by atoms with E-state index in [1.165, 1.54) is 5.56 Å². The van der Waals surface area contributed by atoms with E-state index in [4.69, 9.17) is 4.74 Å². The molecule has 1 aliphatic heterocycles. The molecule has 2 atom stereocenters. The Hall–Kier alpha value is -1.55. The third-order valence-electron chi connectivity index (χ3n) is 4.28. The van der Waals surface area contributed by atoms with E-state index in [0.717, 1.165) is 26.1 Å². The summed E-state index contributed by atoms with van der Waals surface area (Å²) in [5.74, 6) is 0. The van der Waals surface area contributed by atoms with Crippen LogP contribution in [-0.2, 0) is 11.3 Å². The van der Waals surface area contributed by atoms with Crippen molar-refractivity contribution in [3.05, 3.63) is 35.9 Å². The topological polar surface area (TPSA) is 32.8 Å². The van der Waals surface area contributed by atoms with Crippen LogP contribution in [0.3, 0.4) is 0 Å². The second-order valence-electron chi connectivity index (χ2n) is 7.46. The lowest BCUT2D eigenvalue weighted by Gasteiger charge is -2.45. The predicted octanol–water partition coefficient (Wildman–Crippen LogP) is 3.91. The van der Waals surface area contributed by atoms with Crippen LogP contribution in [0.2, 0.25) is 0 Å². The fraction of sp³-hybridized carbons (Fsp3) is 0.632. The number of hydrogen-bond donors (Lipinski definition) is 0. The Labute approximate surface area is 140 Å². The molecule has 1 saturated heterocycles. The minimum absolute atomic E-state index is 0.163. The monoisotopic (exact) mass is 318 g/mol. The van der Waals surface area contributed by atoms with Gasteiger partial charge in [-0.25, -0.2) is 4.79 Å². The van der Waals surface area contributed by atoms with Gasteiger partial charge in [0.2, 0.25) is 0 Å². The Kier molecular flexibility index (Phi) is 5.69. The second-order valence-corrected chi connectivity index (χ2v) is 7.46. The van der Waals surface area contributed by atoms with Crippen LogP contribution in [0.25, 0.3) is 0 Å². The van der Waals surface area contributed by atoms with E-state index in [9.17, 15) is 4.79 Å². The van der Waals surface area contributed by atoms with Crippen LogP contribution in [0.15, 0.2) is 30.3 Å². The van der Waals surface area contributed by atoms with Crippen LogP contribution in [0, 0.1) is 0 Å². The molecule has 2 unspecified atom stereocenters. The maximum absolute atomic E-state index is 12.4. The molecule has 128 valence electrons. The number of amides is 1. The maximum Gasteiger partial charge on any atom is 0.410 e. The number of carbonyl (C=O) groups excluding carboxylic acids is 1. The van der Waals surface area contributed by atoms with Gasteiger partial charge in [-0.1, -0.05) is 37.3 Å². The van der Waals surface area contributed by atoms with E-state index < -0.39 is 5.60 Å². The number of piperazine rings is 1. The van der Waals surface area contributed by atoms with Crippen LogP contribution in [-0.4, -0.2) is 46.7 Å². The third kappa shape index (κ3) is 4.96. The summed E-state index contributed by atoms with van der Waals surface area (Å²) in [6.45, 7) is 12.6. The van der Waals surface area contributed by atoms with Crippen molar-refractivity contribution in [1.29, 1.82) is 0 Å². The third-order valence-corrected chi connectivity index (χ3v) is 4.28. The molecule has 0 saturated carbocycles. The first kappa shape index (κ1) is 17.8. The Morgan fingerprint density at radius 3 is 2.43 bits per heavy atom. The highest BCUT2D eigenvalue weighted by molar-refractivity contribution is 5.68. The van der Waals surface area contributed by atoms with Gasteiger partial charge in [0.1, 0.15) is 5.60 Å². The van der Waals surface area contributed by atoms with Gasteiger partial charge in [0.25, 0.3) is 0 Å². The minimum atomic E-state index is -0.445. The highest BCUT2D eigenvalue weighted by atomic mass is 16.6. The Morgan fingerprint density at radius 2 is 1.87 bits per heavy atom. The molecule has 2 rings (SSSR count). The van der Waals surface area contributed by atoms with Gasteiger partial charge >= 0.3 is 6.09 Å². The molecule has 0 spiro atoms. The van der Waals surface area contributed by atoms with E-state index >= 15 is 0 Å². The molecule has 0 aromatic heterocycles. The highest BCUT2D eigenvalue weighted by Crippen LogP contribution is 2.22. The number of nitrogens with zero attached hydrogens (tertiary/aromatic N) is 2. The van der Waals surface area contributed by atoms with Crippen molar-refractivity contribution in [3.8, 4) is 0 Å². The molecule has 1 fully saturated rings. The molecule has 1 aromatic carbocycles.